The Labute approximate surface area is 136 Å². The molecule has 1 aliphatic rings. The number of rotatable bonds is 5. The summed E-state index contributed by atoms with van der Waals surface area (Å²) in [6, 6.07) is 8.04. The van der Waals surface area contributed by atoms with E-state index in [9.17, 15) is 4.79 Å². The highest BCUT2D eigenvalue weighted by molar-refractivity contribution is 5.96. The smallest absolute Gasteiger partial charge is 0.255 e. The normalized spacial score (nSPS) is 18.5. The number of fused-ring (bicyclic) bond motifs is 1. The molecule has 1 fully saturated rings. The molecular formula is C17H23N3O3. The van der Waals surface area contributed by atoms with Crippen LogP contribution in [0.2, 0.25) is 0 Å². The zero-order chi connectivity index (χ0) is 16.2. The maximum absolute atomic E-state index is 12.2. The van der Waals surface area contributed by atoms with Crippen molar-refractivity contribution in [2.45, 2.75) is 12.6 Å². The van der Waals surface area contributed by atoms with Crippen LogP contribution in [0.25, 0.3) is 10.9 Å². The third-order valence-electron chi connectivity index (χ3n) is 3.94. The summed E-state index contributed by atoms with van der Waals surface area (Å²) in [5.74, 6) is -0.157. The van der Waals surface area contributed by atoms with E-state index >= 15 is 0 Å². The van der Waals surface area contributed by atoms with Crippen molar-refractivity contribution >= 4 is 22.5 Å². The molecule has 1 N–H and O–H groups in total. The quantitative estimate of drug-likeness (QED) is 0.909. The lowest BCUT2D eigenvalue weighted by atomic mass is 10.2. The van der Waals surface area contributed by atoms with Crippen LogP contribution >= 0.6 is 0 Å². The predicted octanol–water partition coefficient (Wildman–Crippen LogP) is 1.56. The molecule has 0 spiro atoms. The molecule has 1 saturated heterocycles. The molecule has 1 amide bonds. The van der Waals surface area contributed by atoms with E-state index in [1.165, 1.54) is 5.39 Å². The predicted molar refractivity (Wildman–Crippen MR) is 89.7 cm³/mol. The highest BCUT2D eigenvalue weighted by atomic mass is 16.6. The number of amides is 1. The highest BCUT2D eigenvalue weighted by Crippen LogP contribution is 2.21. The summed E-state index contributed by atoms with van der Waals surface area (Å²) in [5, 5.41) is 4.08. The molecule has 0 saturated carbocycles. The van der Waals surface area contributed by atoms with Crippen molar-refractivity contribution in [3.8, 4) is 0 Å². The number of aromatic nitrogens is 1. The summed E-state index contributed by atoms with van der Waals surface area (Å²) < 4.78 is 12.9. The highest BCUT2D eigenvalue weighted by Gasteiger charge is 2.22. The second-order valence-corrected chi connectivity index (χ2v) is 6.01. The third-order valence-corrected chi connectivity index (χ3v) is 3.94. The Morgan fingerprint density at radius 3 is 2.96 bits per heavy atom. The molecule has 0 unspecified atom stereocenters. The van der Waals surface area contributed by atoms with Gasteiger partial charge in [0.05, 0.1) is 25.3 Å². The molecule has 2 heterocycles. The first-order chi connectivity index (χ1) is 11.1. The number of nitrogens with zero attached hydrogens (tertiary/aromatic N) is 2. The first kappa shape index (κ1) is 16.0. The van der Waals surface area contributed by atoms with E-state index in [1.807, 2.05) is 18.2 Å². The lowest BCUT2D eigenvalue weighted by molar-refractivity contribution is -0.142. The van der Waals surface area contributed by atoms with Crippen LogP contribution in [0.15, 0.2) is 30.5 Å². The molecule has 1 atom stereocenters. The molecule has 0 radical (unpaired) electrons. The number of nitrogens with one attached hydrogen (secondary N) is 1. The Hall–Kier alpha value is -1.89. The van der Waals surface area contributed by atoms with Gasteiger partial charge in [0.1, 0.15) is 0 Å². The standard InChI is InChI=1S/C17H23N3O3/c1-19(2)7-8-20-6-5-13-3-4-14(11-15(13)20)18-17(21)16-12-22-9-10-23-16/h3-6,11,16H,7-10,12H2,1-2H3,(H,18,21)/t16-/m0/s1. The summed E-state index contributed by atoms with van der Waals surface area (Å²) >= 11 is 0. The Morgan fingerprint density at radius 2 is 2.22 bits per heavy atom. The number of carbonyl (C=O) groups excluding carboxylic acids is 1. The van der Waals surface area contributed by atoms with E-state index in [0.29, 0.717) is 19.8 Å². The van der Waals surface area contributed by atoms with Gasteiger partial charge in [0.15, 0.2) is 6.10 Å². The second-order valence-electron chi connectivity index (χ2n) is 6.01. The van der Waals surface area contributed by atoms with E-state index in [4.69, 9.17) is 9.47 Å². The monoisotopic (exact) mass is 317 g/mol. The molecule has 124 valence electrons. The van der Waals surface area contributed by atoms with Crippen LogP contribution in [-0.4, -0.2) is 61.9 Å². The molecule has 1 aromatic carbocycles. The van der Waals surface area contributed by atoms with Gasteiger partial charge in [0.25, 0.3) is 5.91 Å². The van der Waals surface area contributed by atoms with Crippen molar-refractivity contribution in [3.63, 3.8) is 0 Å². The van der Waals surface area contributed by atoms with E-state index < -0.39 is 6.10 Å². The van der Waals surface area contributed by atoms with Crippen molar-refractivity contribution in [1.82, 2.24) is 9.47 Å². The molecule has 1 aromatic heterocycles. The first-order valence-electron chi connectivity index (χ1n) is 7.87. The Kier molecular flexibility index (Phi) is 4.95. The molecule has 3 rings (SSSR count). The summed E-state index contributed by atoms with van der Waals surface area (Å²) in [7, 11) is 4.12. The Balaban J connectivity index is 1.73. The van der Waals surface area contributed by atoms with Gasteiger partial charge in [-0.2, -0.15) is 0 Å². The molecule has 6 nitrogen and oxygen atoms in total. The van der Waals surface area contributed by atoms with Gasteiger partial charge in [-0.15, -0.1) is 0 Å². The SMILES string of the molecule is CN(C)CCn1ccc2ccc(NC(=O)[C@@H]3COCCO3)cc21. The lowest BCUT2D eigenvalue weighted by Gasteiger charge is -2.22. The maximum Gasteiger partial charge on any atom is 0.255 e. The molecule has 0 bridgehead atoms. The van der Waals surface area contributed by atoms with Gasteiger partial charge < -0.3 is 24.3 Å². The maximum atomic E-state index is 12.2. The van der Waals surface area contributed by atoms with Gasteiger partial charge in [-0.1, -0.05) is 6.07 Å². The van der Waals surface area contributed by atoms with E-state index in [2.05, 4.69) is 41.1 Å². The number of hydrogen-bond acceptors (Lipinski definition) is 4. The summed E-state index contributed by atoms with van der Waals surface area (Å²) in [4.78, 5) is 14.4. The minimum atomic E-state index is -0.528. The van der Waals surface area contributed by atoms with E-state index in [-0.39, 0.29) is 5.91 Å². The molecule has 0 aliphatic carbocycles. The van der Waals surface area contributed by atoms with Crippen LogP contribution in [0.4, 0.5) is 5.69 Å². The van der Waals surface area contributed by atoms with Crippen LogP contribution in [0.3, 0.4) is 0 Å². The molecule has 2 aromatic rings. The van der Waals surface area contributed by atoms with Gasteiger partial charge in [0.2, 0.25) is 0 Å². The van der Waals surface area contributed by atoms with Gasteiger partial charge >= 0.3 is 0 Å². The van der Waals surface area contributed by atoms with Crippen molar-refractivity contribution in [3.05, 3.63) is 30.5 Å². The molecular weight excluding hydrogens is 294 g/mol. The minimum absolute atomic E-state index is 0.157. The van der Waals surface area contributed by atoms with Crippen molar-refractivity contribution in [1.29, 1.82) is 0 Å². The van der Waals surface area contributed by atoms with Crippen molar-refractivity contribution in [2.75, 3.05) is 45.8 Å². The summed E-state index contributed by atoms with van der Waals surface area (Å²) in [6.07, 6.45) is 1.55. The van der Waals surface area contributed by atoms with Gasteiger partial charge in [-0.3, -0.25) is 4.79 Å². The van der Waals surface area contributed by atoms with Gasteiger partial charge in [-0.25, -0.2) is 0 Å². The number of ether oxygens (including phenoxy) is 2. The fraction of sp³-hybridized carbons (Fsp3) is 0.471. The average Bonchev–Trinajstić information content (AvgIpc) is 2.96. The zero-order valence-corrected chi connectivity index (χ0v) is 13.6. The first-order valence-corrected chi connectivity index (χ1v) is 7.87. The molecule has 1 aliphatic heterocycles. The molecule has 6 heteroatoms. The summed E-state index contributed by atoms with van der Waals surface area (Å²) in [6.45, 7) is 3.20. The van der Waals surface area contributed by atoms with Crippen LogP contribution in [0.5, 0.6) is 0 Å². The van der Waals surface area contributed by atoms with Crippen LogP contribution in [0, 0.1) is 0 Å². The van der Waals surface area contributed by atoms with E-state index in [0.717, 1.165) is 24.3 Å². The minimum Gasteiger partial charge on any atom is -0.376 e. The van der Waals surface area contributed by atoms with Gasteiger partial charge in [-0.05, 0) is 37.7 Å². The molecule has 23 heavy (non-hydrogen) atoms. The zero-order valence-electron chi connectivity index (χ0n) is 13.6. The van der Waals surface area contributed by atoms with Crippen LogP contribution in [0.1, 0.15) is 0 Å². The van der Waals surface area contributed by atoms with Crippen LogP contribution < -0.4 is 5.32 Å². The van der Waals surface area contributed by atoms with Crippen molar-refractivity contribution in [2.24, 2.45) is 0 Å². The number of carbonyl (C=O) groups is 1. The number of anilines is 1. The number of likely N-dealkylation sites (N-methyl/N-ethyl adjacent to an activating group) is 1. The van der Waals surface area contributed by atoms with Crippen molar-refractivity contribution < 1.29 is 14.3 Å². The Bertz CT molecular complexity index is 675. The fourth-order valence-electron chi connectivity index (χ4n) is 2.63. The summed E-state index contributed by atoms with van der Waals surface area (Å²) in [5.41, 5.74) is 1.90. The average molecular weight is 317 g/mol. The largest absolute Gasteiger partial charge is 0.376 e. The number of hydrogen-bond donors (Lipinski definition) is 1. The fourth-order valence-corrected chi connectivity index (χ4v) is 2.63. The van der Waals surface area contributed by atoms with E-state index in [1.54, 1.807) is 0 Å². The second kappa shape index (κ2) is 7.12. The number of benzene rings is 1. The third kappa shape index (κ3) is 3.90. The lowest BCUT2D eigenvalue weighted by Crippen LogP contribution is -2.39. The topological polar surface area (TPSA) is 55.7 Å². The van der Waals surface area contributed by atoms with Crippen LogP contribution in [-0.2, 0) is 20.8 Å². The van der Waals surface area contributed by atoms with Gasteiger partial charge in [0, 0.05) is 25.0 Å². The Morgan fingerprint density at radius 1 is 1.35 bits per heavy atom.